The van der Waals surface area contributed by atoms with Gasteiger partial charge in [-0.3, -0.25) is 19.3 Å². The van der Waals surface area contributed by atoms with Gasteiger partial charge in [-0.05, 0) is 48.9 Å². The second-order valence-corrected chi connectivity index (χ2v) is 8.14. The Balaban J connectivity index is 1.89. The molecule has 3 rings (SSSR count). The van der Waals surface area contributed by atoms with E-state index in [0.717, 1.165) is 5.56 Å². The molecule has 3 N–H and O–H groups in total. The van der Waals surface area contributed by atoms with Crippen molar-refractivity contribution in [1.29, 1.82) is 0 Å². The van der Waals surface area contributed by atoms with Gasteiger partial charge in [-0.2, -0.15) is 0 Å². The van der Waals surface area contributed by atoms with E-state index in [1.165, 1.54) is 24.1 Å². The molecule has 1 heterocycles. The van der Waals surface area contributed by atoms with Crippen molar-refractivity contribution in [2.45, 2.75) is 25.8 Å². The molecule has 0 bridgehead atoms. The minimum Gasteiger partial charge on any atom is -0.508 e. The van der Waals surface area contributed by atoms with E-state index in [0.29, 0.717) is 23.7 Å². The Morgan fingerprint density at radius 3 is 2.36 bits per heavy atom. The maximum absolute atomic E-state index is 13.6. The fourth-order valence-electron chi connectivity index (χ4n) is 3.57. The van der Waals surface area contributed by atoms with Gasteiger partial charge in [0.25, 0.3) is 0 Å². The summed E-state index contributed by atoms with van der Waals surface area (Å²) in [5.41, 5.74) is 2.01. The number of pyridine rings is 1. The number of hydrogen-bond acceptors (Lipinski definition) is 6. The van der Waals surface area contributed by atoms with Crippen LogP contribution in [0.25, 0.3) is 0 Å². The van der Waals surface area contributed by atoms with Gasteiger partial charge in [-0.1, -0.05) is 35.9 Å². The number of benzene rings is 2. The number of aromatic hydroxyl groups is 1. The van der Waals surface area contributed by atoms with Gasteiger partial charge in [0.05, 0.1) is 6.61 Å². The molecule has 36 heavy (non-hydrogen) atoms. The largest absolute Gasteiger partial charge is 0.508 e. The standard InChI is InChI=1S/C27H30N4O5/c1-19-6-10-21(11-7-19)31(25(34)15-14-24(33)30-23-5-3-4-16-28-23)26(27(35)29-17-18-36-2)20-8-12-22(32)13-9-20/h3-13,16,26,32H,14-15,17-18H2,1-2H3,(H,29,35)(H,28,30,33). The van der Waals surface area contributed by atoms with Crippen LogP contribution in [0.3, 0.4) is 0 Å². The summed E-state index contributed by atoms with van der Waals surface area (Å²) < 4.78 is 5.04. The highest BCUT2D eigenvalue weighted by molar-refractivity contribution is 6.03. The van der Waals surface area contributed by atoms with Crippen LogP contribution in [0.1, 0.15) is 30.0 Å². The molecular weight excluding hydrogens is 460 g/mol. The number of hydrogen-bond donors (Lipinski definition) is 3. The molecule has 0 saturated carbocycles. The van der Waals surface area contributed by atoms with E-state index in [2.05, 4.69) is 15.6 Å². The van der Waals surface area contributed by atoms with E-state index in [-0.39, 0.29) is 31.0 Å². The fourth-order valence-corrected chi connectivity index (χ4v) is 3.57. The fraction of sp³-hybridized carbons (Fsp3) is 0.259. The number of methoxy groups -OCH3 is 1. The van der Waals surface area contributed by atoms with Gasteiger partial charge >= 0.3 is 0 Å². The second-order valence-electron chi connectivity index (χ2n) is 8.14. The van der Waals surface area contributed by atoms with Gasteiger partial charge in [-0.15, -0.1) is 0 Å². The van der Waals surface area contributed by atoms with Crippen molar-refractivity contribution in [3.05, 3.63) is 84.1 Å². The van der Waals surface area contributed by atoms with Crippen LogP contribution >= 0.6 is 0 Å². The Hall–Kier alpha value is -4.24. The normalized spacial score (nSPS) is 11.4. The third kappa shape index (κ3) is 7.38. The zero-order chi connectivity index (χ0) is 25.9. The first-order chi connectivity index (χ1) is 17.4. The minimum absolute atomic E-state index is 0.0386. The van der Waals surface area contributed by atoms with Gasteiger partial charge in [0, 0.05) is 38.4 Å². The SMILES string of the molecule is COCCNC(=O)C(c1ccc(O)cc1)N(C(=O)CCC(=O)Nc1ccccn1)c1ccc(C)cc1. The first-order valence-electron chi connectivity index (χ1n) is 11.5. The van der Waals surface area contributed by atoms with Gasteiger partial charge < -0.3 is 20.5 Å². The van der Waals surface area contributed by atoms with Crippen molar-refractivity contribution >= 4 is 29.2 Å². The summed E-state index contributed by atoms with van der Waals surface area (Å²) >= 11 is 0. The van der Waals surface area contributed by atoms with Crippen LogP contribution in [-0.2, 0) is 19.1 Å². The number of ether oxygens (including phenoxy) is 1. The molecule has 1 atom stereocenters. The average Bonchev–Trinajstić information content (AvgIpc) is 2.88. The number of aromatic nitrogens is 1. The van der Waals surface area contributed by atoms with Gasteiger partial charge in [0.15, 0.2) is 0 Å². The molecule has 0 aliphatic heterocycles. The molecule has 0 saturated heterocycles. The van der Waals surface area contributed by atoms with E-state index in [9.17, 15) is 19.5 Å². The van der Waals surface area contributed by atoms with Crippen molar-refractivity contribution in [3.8, 4) is 5.75 Å². The van der Waals surface area contributed by atoms with Crippen molar-refractivity contribution in [2.75, 3.05) is 30.5 Å². The van der Waals surface area contributed by atoms with Crippen LogP contribution in [0.4, 0.5) is 11.5 Å². The van der Waals surface area contributed by atoms with Crippen LogP contribution in [0.2, 0.25) is 0 Å². The third-order valence-electron chi connectivity index (χ3n) is 5.40. The molecule has 2 aromatic carbocycles. The predicted molar refractivity (Wildman–Crippen MR) is 136 cm³/mol. The number of amides is 3. The zero-order valence-corrected chi connectivity index (χ0v) is 20.3. The molecule has 9 heteroatoms. The quantitative estimate of drug-likeness (QED) is 0.355. The summed E-state index contributed by atoms with van der Waals surface area (Å²) in [7, 11) is 1.53. The maximum Gasteiger partial charge on any atom is 0.247 e. The zero-order valence-electron chi connectivity index (χ0n) is 20.3. The molecule has 188 valence electrons. The molecule has 3 amide bonds. The number of phenolic OH excluding ortho intramolecular Hbond substituents is 1. The Bertz CT molecular complexity index is 1150. The Morgan fingerprint density at radius 2 is 1.72 bits per heavy atom. The summed E-state index contributed by atoms with van der Waals surface area (Å²) in [6.07, 6.45) is 1.34. The van der Waals surface area contributed by atoms with Crippen LogP contribution in [-0.4, -0.2) is 48.1 Å². The number of anilines is 2. The number of carbonyl (C=O) groups is 3. The average molecular weight is 491 g/mol. The molecule has 1 unspecified atom stereocenters. The summed E-state index contributed by atoms with van der Waals surface area (Å²) in [6.45, 7) is 2.49. The lowest BCUT2D eigenvalue weighted by Crippen LogP contribution is -2.45. The van der Waals surface area contributed by atoms with Crippen LogP contribution in [0.15, 0.2) is 72.9 Å². The minimum atomic E-state index is -1.03. The van der Waals surface area contributed by atoms with Crippen molar-refractivity contribution < 1.29 is 24.2 Å². The highest BCUT2D eigenvalue weighted by atomic mass is 16.5. The molecule has 0 spiro atoms. The highest BCUT2D eigenvalue weighted by Gasteiger charge is 2.32. The van der Waals surface area contributed by atoms with E-state index in [4.69, 9.17) is 4.74 Å². The Labute approximate surface area is 210 Å². The lowest BCUT2D eigenvalue weighted by atomic mass is 10.0. The van der Waals surface area contributed by atoms with Gasteiger partial charge in [-0.25, -0.2) is 4.98 Å². The predicted octanol–water partition coefficient (Wildman–Crippen LogP) is 3.35. The first kappa shape index (κ1) is 26.4. The lowest BCUT2D eigenvalue weighted by Gasteiger charge is -2.31. The second kappa shape index (κ2) is 13.0. The van der Waals surface area contributed by atoms with Crippen LogP contribution < -0.4 is 15.5 Å². The monoisotopic (exact) mass is 490 g/mol. The topological polar surface area (TPSA) is 121 Å². The summed E-state index contributed by atoms with van der Waals surface area (Å²) in [5, 5.41) is 15.2. The Kier molecular flexibility index (Phi) is 9.53. The summed E-state index contributed by atoms with van der Waals surface area (Å²) in [6, 6.07) is 17.4. The Morgan fingerprint density at radius 1 is 1.00 bits per heavy atom. The number of aryl methyl sites for hydroxylation is 1. The van der Waals surface area contributed by atoms with Crippen molar-refractivity contribution in [1.82, 2.24) is 10.3 Å². The molecule has 0 radical (unpaired) electrons. The number of rotatable bonds is 11. The molecule has 9 nitrogen and oxygen atoms in total. The lowest BCUT2D eigenvalue weighted by molar-refractivity contribution is -0.127. The van der Waals surface area contributed by atoms with Gasteiger partial charge in [0.2, 0.25) is 17.7 Å². The highest BCUT2D eigenvalue weighted by Crippen LogP contribution is 2.30. The van der Waals surface area contributed by atoms with Crippen molar-refractivity contribution in [2.24, 2.45) is 0 Å². The van der Waals surface area contributed by atoms with E-state index < -0.39 is 17.9 Å². The molecule has 3 aromatic rings. The summed E-state index contributed by atoms with van der Waals surface area (Å²) in [4.78, 5) is 44.9. The third-order valence-corrected chi connectivity index (χ3v) is 5.40. The molecule has 0 fully saturated rings. The van der Waals surface area contributed by atoms with Crippen LogP contribution in [0, 0.1) is 6.92 Å². The van der Waals surface area contributed by atoms with Crippen LogP contribution in [0.5, 0.6) is 5.75 Å². The number of carbonyl (C=O) groups excluding carboxylic acids is 3. The maximum atomic E-state index is 13.6. The van der Waals surface area contributed by atoms with E-state index >= 15 is 0 Å². The summed E-state index contributed by atoms with van der Waals surface area (Å²) in [5.74, 6) is -0.752. The smallest absolute Gasteiger partial charge is 0.247 e. The molecule has 1 aromatic heterocycles. The molecule has 0 aliphatic rings. The first-order valence-corrected chi connectivity index (χ1v) is 11.5. The molecule has 0 aliphatic carbocycles. The molecular formula is C27H30N4O5. The van der Waals surface area contributed by atoms with Gasteiger partial charge in [0.1, 0.15) is 17.6 Å². The number of phenols is 1. The van der Waals surface area contributed by atoms with E-state index in [1.807, 2.05) is 19.1 Å². The number of nitrogens with one attached hydrogen (secondary N) is 2. The van der Waals surface area contributed by atoms with E-state index in [1.54, 1.807) is 48.7 Å². The number of nitrogens with zero attached hydrogens (tertiary/aromatic N) is 2. The van der Waals surface area contributed by atoms with Crippen molar-refractivity contribution in [3.63, 3.8) is 0 Å².